The normalized spacial score (nSPS) is 16.2. The molecular weight excluding hydrogens is 476 g/mol. The third-order valence-corrected chi connectivity index (χ3v) is 5.01. The van der Waals surface area contributed by atoms with E-state index in [1.165, 1.54) is 4.90 Å². The monoisotopic (exact) mass is 494 g/mol. The van der Waals surface area contributed by atoms with Crippen molar-refractivity contribution in [1.29, 1.82) is 0 Å². The molecule has 0 amide bonds. The van der Waals surface area contributed by atoms with Crippen molar-refractivity contribution >= 4 is 35.4 Å². The van der Waals surface area contributed by atoms with E-state index in [1.807, 2.05) is 0 Å². The van der Waals surface area contributed by atoms with Gasteiger partial charge in [-0.05, 0) is 41.5 Å². The van der Waals surface area contributed by atoms with Crippen LogP contribution in [0.4, 0.5) is 0 Å². The molecule has 6 rings (SSSR count). The number of aromatic nitrogens is 9. The highest BCUT2D eigenvalue weighted by atomic mass is 15.5. The Morgan fingerprint density at radius 3 is 0.811 bits per heavy atom. The Hall–Kier alpha value is -5.15. The molecule has 16 heteroatoms. The summed E-state index contributed by atoms with van der Waals surface area (Å²) in [6.45, 7) is 10.6. The Bertz CT molecular complexity index is 1430. The predicted molar refractivity (Wildman–Crippen MR) is 132 cm³/mol. The van der Waals surface area contributed by atoms with Gasteiger partial charge in [-0.15, -0.1) is 0 Å². The highest BCUT2D eigenvalue weighted by Crippen LogP contribution is 2.21. The van der Waals surface area contributed by atoms with Gasteiger partial charge in [0.05, 0.1) is 0 Å². The smallest absolute Gasteiger partial charge is 0.219 e. The van der Waals surface area contributed by atoms with Gasteiger partial charge in [0.15, 0.2) is 0 Å². The number of aliphatic imine (C=N–C) groups is 6. The molecule has 0 atom stereocenters. The van der Waals surface area contributed by atoms with Gasteiger partial charge in [-0.2, -0.15) is 30.0 Å². The number of amidine groups is 3. The van der Waals surface area contributed by atoms with Gasteiger partial charge in [0.1, 0.15) is 34.9 Å². The van der Waals surface area contributed by atoms with Crippen LogP contribution >= 0.6 is 0 Å². The number of aryl methyl sites for hydroxylation is 6. The van der Waals surface area contributed by atoms with E-state index in [2.05, 4.69) is 74.8 Å². The lowest BCUT2D eigenvalue weighted by Crippen LogP contribution is -2.48. The Morgan fingerprint density at radius 1 is 0.324 bits per heavy atom. The molecule has 6 heterocycles. The predicted octanol–water partition coefficient (Wildman–Crippen LogP) is 0.143. The van der Waals surface area contributed by atoms with Crippen LogP contribution in [0.1, 0.15) is 52.4 Å². The Morgan fingerprint density at radius 2 is 0.568 bits per heavy atom. The van der Waals surface area contributed by atoms with Crippen LogP contribution in [0.3, 0.4) is 0 Å². The fourth-order valence-corrected chi connectivity index (χ4v) is 3.73. The lowest BCUT2D eigenvalue weighted by molar-refractivity contribution is 0.815. The summed E-state index contributed by atoms with van der Waals surface area (Å²) in [6.07, 6.45) is 0. The van der Waals surface area contributed by atoms with E-state index in [1.54, 1.807) is 41.5 Å². The van der Waals surface area contributed by atoms with E-state index in [0.717, 1.165) is 0 Å². The second kappa shape index (κ2) is 8.21. The molecule has 3 aliphatic rings. The molecule has 0 fully saturated rings. The second-order valence-corrected chi connectivity index (χ2v) is 8.14. The second-order valence-electron chi connectivity index (χ2n) is 8.14. The SMILES string of the molecule is Cc1nc(C)nc(C2=NC3=NC(c4nc(C)nc(C)n4)=NC4=NC(c5nc(C)nc(C)n5)=NC(=N2)N34)n1. The van der Waals surface area contributed by atoms with Crippen molar-refractivity contribution < 1.29 is 0 Å². The summed E-state index contributed by atoms with van der Waals surface area (Å²) >= 11 is 0. The fraction of sp³-hybridized carbons (Fsp3) is 0.286. The molecule has 0 radical (unpaired) electrons. The number of hydrogen-bond acceptors (Lipinski definition) is 16. The van der Waals surface area contributed by atoms with Crippen molar-refractivity contribution in [3.8, 4) is 0 Å². The lowest BCUT2D eigenvalue weighted by atomic mass is 10.4. The molecule has 3 aliphatic heterocycles. The van der Waals surface area contributed by atoms with Gasteiger partial charge in [-0.25, -0.2) is 49.8 Å². The molecule has 0 saturated heterocycles. The van der Waals surface area contributed by atoms with Gasteiger partial charge >= 0.3 is 0 Å². The first-order chi connectivity index (χ1) is 17.7. The number of guanidine groups is 3. The molecular formula is C21H18N16. The van der Waals surface area contributed by atoms with E-state index in [4.69, 9.17) is 0 Å². The molecule has 3 aromatic rings. The first-order valence-electron chi connectivity index (χ1n) is 11.1. The maximum absolute atomic E-state index is 4.59. The van der Waals surface area contributed by atoms with E-state index >= 15 is 0 Å². The summed E-state index contributed by atoms with van der Waals surface area (Å²) in [5, 5.41) is 0. The van der Waals surface area contributed by atoms with Gasteiger partial charge in [0, 0.05) is 0 Å². The summed E-state index contributed by atoms with van der Waals surface area (Å²) in [6, 6.07) is 0. The molecule has 3 aromatic heterocycles. The van der Waals surface area contributed by atoms with Gasteiger partial charge in [-0.1, -0.05) is 0 Å². The van der Waals surface area contributed by atoms with Gasteiger partial charge in [0.2, 0.25) is 52.9 Å². The van der Waals surface area contributed by atoms with Crippen molar-refractivity contribution in [3.05, 3.63) is 52.4 Å². The topological polar surface area (TPSA) is 193 Å². The number of nitrogens with zero attached hydrogens (tertiary/aromatic N) is 16. The maximum Gasteiger partial charge on any atom is 0.243 e. The zero-order chi connectivity index (χ0) is 25.8. The summed E-state index contributed by atoms with van der Waals surface area (Å²) in [7, 11) is 0. The highest BCUT2D eigenvalue weighted by molar-refractivity contribution is 6.33. The quantitative estimate of drug-likeness (QED) is 0.483. The third-order valence-electron chi connectivity index (χ3n) is 5.01. The number of hydrogen-bond donors (Lipinski definition) is 0. The molecule has 182 valence electrons. The molecule has 0 N–H and O–H groups in total. The largest absolute Gasteiger partial charge is 0.243 e. The zero-order valence-electron chi connectivity index (χ0n) is 20.7. The Kier molecular flexibility index (Phi) is 4.96. The third kappa shape index (κ3) is 4.13. The van der Waals surface area contributed by atoms with E-state index < -0.39 is 0 Å². The number of rotatable bonds is 3. The summed E-state index contributed by atoms with van der Waals surface area (Å²) < 4.78 is 0. The van der Waals surface area contributed by atoms with Gasteiger partial charge in [0.25, 0.3) is 0 Å². The van der Waals surface area contributed by atoms with Crippen LogP contribution in [0.15, 0.2) is 30.0 Å². The first-order valence-corrected chi connectivity index (χ1v) is 11.1. The van der Waals surface area contributed by atoms with E-state index in [-0.39, 0.29) is 52.9 Å². The molecule has 37 heavy (non-hydrogen) atoms. The zero-order valence-corrected chi connectivity index (χ0v) is 20.7. The van der Waals surface area contributed by atoms with Crippen LogP contribution in [0.5, 0.6) is 0 Å². The van der Waals surface area contributed by atoms with Crippen LogP contribution in [0.2, 0.25) is 0 Å². The van der Waals surface area contributed by atoms with Crippen LogP contribution < -0.4 is 0 Å². The Balaban J connectivity index is 1.57. The summed E-state index contributed by atoms with van der Waals surface area (Å²) in [4.78, 5) is 68.1. The van der Waals surface area contributed by atoms with Crippen LogP contribution in [0, 0.1) is 41.5 Å². The van der Waals surface area contributed by atoms with Crippen molar-refractivity contribution in [3.63, 3.8) is 0 Å². The molecule has 0 unspecified atom stereocenters. The van der Waals surface area contributed by atoms with E-state index in [9.17, 15) is 0 Å². The fourth-order valence-electron chi connectivity index (χ4n) is 3.73. The standard InChI is InChI=1S/C21H18N16/c1-7-22-8(2)26-13(25-7)16-31-19-33-17(14-27-9(3)23-10(4)28-14)35-21-36-18(34-20(32-16)37(19)21)15-29-11(5)24-12(6)30-15/h1-6H3. The van der Waals surface area contributed by atoms with Crippen molar-refractivity contribution in [2.45, 2.75) is 41.5 Å². The van der Waals surface area contributed by atoms with Crippen LogP contribution in [-0.4, -0.2) is 85.1 Å². The van der Waals surface area contributed by atoms with Crippen molar-refractivity contribution in [2.75, 3.05) is 0 Å². The highest BCUT2D eigenvalue weighted by Gasteiger charge is 2.37. The first kappa shape index (κ1) is 22.3. The molecule has 0 aromatic carbocycles. The minimum absolute atomic E-state index is 0.204. The average molecular weight is 494 g/mol. The van der Waals surface area contributed by atoms with Crippen molar-refractivity contribution in [2.24, 2.45) is 30.0 Å². The van der Waals surface area contributed by atoms with E-state index in [0.29, 0.717) is 34.9 Å². The Labute approximate surface area is 209 Å². The van der Waals surface area contributed by atoms with Crippen LogP contribution in [-0.2, 0) is 0 Å². The van der Waals surface area contributed by atoms with Crippen molar-refractivity contribution in [1.82, 2.24) is 49.8 Å². The molecule has 0 saturated carbocycles. The minimum atomic E-state index is 0.204. The average Bonchev–Trinajstić information content (AvgIpc) is 2.82. The summed E-state index contributed by atoms with van der Waals surface area (Å²) in [5.41, 5.74) is 0. The molecule has 16 nitrogen and oxygen atoms in total. The molecule has 0 bridgehead atoms. The van der Waals surface area contributed by atoms with Crippen LogP contribution in [0.25, 0.3) is 0 Å². The minimum Gasteiger partial charge on any atom is -0.219 e. The van der Waals surface area contributed by atoms with Gasteiger partial charge < -0.3 is 0 Å². The lowest BCUT2D eigenvalue weighted by Gasteiger charge is -2.29. The summed E-state index contributed by atoms with van der Waals surface area (Å²) in [5.74, 6) is 5.27. The maximum atomic E-state index is 4.59. The van der Waals surface area contributed by atoms with Gasteiger partial charge in [-0.3, -0.25) is 0 Å². The molecule has 0 aliphatic carbocycles. The molecule has 0 spiro atoms.